The third-order valence-electron chi connectivity index (χ3n) is 4.30. The lowest BCUT2D eigenvalue weighted by molar-refractivity contribution is 0.133. The van der Waals surface area contributed by atoms with Crippen LogP contribution in [0.3, 0.4) is 0 Å². The number of anilines is 1. The molecule has 1 aromatic rings. The van der Waals surface area contributed by atoms with Crippen molar-refractivity contribution in [3.8, 4) is 0 Å². The van der Waals surface area contributed by atoms with Gasteiger partial charge in [-0.15, -0.1) is 0 Å². The van der Waals surface area contributed by atoms with E-state index < -0.39 is 0 Å². The van der Waals surface area contributed by atoms with Crippen molar-refractivity contribution in [2.75, 3.05) is 18.0 Å². The number of amidine groups is 1. The maximum atomic E-state index is 9.91. The maximum Gasteiger partial charge on any atom is 0.188 e. The minimum atomic E-state index is -0.153. The maximum absolute atomic E-state index is 9.91. The van der Waals surface area contributed by atoms with Gasteiger partial charge in [-0.2, -0.15) is 0 Å². The zero-order valence-corrected chi connectivity index (χ0v) is 10.6. The summed E-state index contributed by atoms with van der Waals surface area (Å²) in [5.74, 6) is 1.00. The SMILES string of the molecule is N/C(=N/O)c1ccc(N2CC3CCC(O)C3C2)cn1. The number of aromatic nitrogens is 1. The summed E-state index contributed by atoms with van der Waals surface area (Å²) < 4.78 is 0. The van der Waals surface area contributed by atoms with Gasteiger partial charge in [0.15, 0.2) is 5.84 Å². The Bertz CT molecular complexity index is 488. The largest absolute Gasteiger partial charge is 0.409 e. The van der Waals surface area contributed by atoms with E-state index in [0.29, 0.717) is 17.5 Å². The van der Waals surface area contributed by atoms with Gasteiger partial charge < -0.3 is 20.9 Å². The molecule has 0 spiro atoms. The third kappa shape index (κ3) is 2.12. The molecule has 1 aliphatic heterocycles. The molecule has 1 aromatic heterocycles. The molecule has 6 nitrogen and oxygen atoms in total. The van der Waals surface area contributed by atoms with E-state index in [4.69, 9.17) is 10.9 Å². The van der Waals surface area contributed by atoms with Gasteiger partial charge in [-0.25, -0.2) is 0 Å². The summed E-state index contributed by atoms with van der Waals surface area (Å²) in [4.78, 5) is 6.44. The van der Waals surface area contributed by atoms with Gasteiger partial charge in [0, 0.05) is 19.0 Å². The minimum Gasteiger partial charge on any atom is -0.409 e. The van der Waals surface area contributed by atoms with Crippen molar-refractivity contribution in [3.05, 3.63) is 24.0 Å². The van der Waals surface area contributed by atoms with Crippen LogP contribution in [-0.2, 0) is 0 Å². The second-order valence-corrected chi connectivity index (χ2v) is 5.36. The molecule has 0 aromatic carbocycles. The van der Waals surface area contributed by atoms with Crippen molar-refractivity contribution in [2.45, 2.75) is 18.9 Å². The van der Waals surface area contributed by atoms with Gasteiger partial charge >= 0.3 is 0 Å². The number of hydrogen-bond acceptors (Lipinski definition) is 5. The zero-order chi connectivity index (χ0) is 13.4. The van der Waals surface area contributed by atoms with Crippen molar-refractivity contribution in [1.82, 2.24) is 4.98 Å². The fourth-order valence-corrected chi connectivity index (χ4v) is 3.22. The lowest BCUT2D eigenvalue weighted by Gasteiger charge is -2.20. The normalized spacial score (nSPS) is 30.7. The molecule has 3 unspecified atom stereocenters. The number of rotatable bonds is 2. The Hall–Kier alpha value is -1.82. The molecular formula is C13H18N4O2. The average Bonchev–Trinajstić information content (AvgIpc) is 3.01. The van der Waals surface area contributed by atoms with Crippen molar-refractivity contribution in [2.24, 2.45) is 22.7 Å². The number of aliphatic hydroxyl groups is 1. The number of hydrogen-bond donors (Lipinski definition) is 3. The van der Waals surface area contributed by atoms with E-state index >= 15 is 0 Å². The Labute approximate surface area is 111 Å². The highest BCUT2D eigenvalue weighted by molar-refractivity contribution is 5.95. The Morgan fingerprint density at radius 1 is 1.37 bits per heavy atom. The molecule has 0 radical (unpaired) electrons. The summed E-state index contributed by atoms with van der Waals surface area (Å²) >= 11 is 0. The topological polar surface area (TPSA) is 95.0 Å². The molecule has 1 saturated heterocycles. The van der Waals surface area contributed by atoms with Crippen LogP contribution in [0.4, 0.5) is 5.69 Å². The van der Waals surface area contributed by atoms with Crippen LogP contribution in [0.5, 0.6) is 0 Å². The van der Waals surface area contributed by atoms with Crippen LogP contribution in [0.1, 0.15) is 18.5 Å². The third-order valence-corrected chi connectivity index (χ3v) is 4.30. The fraction of sp³-hybridized carbons (Fsp3) is 0.538. The average molecular weight is 262 g/mol. The molecular weight excluding hydrogens is 244 g/mol. The minimum absolute atomic E-state index is 0.0141. The van der Waals surface area contributed by atoms with Crippen LogP contribution < -0.4 is 10.6 Å². The summed E-state index contributed by atoms with van der Waals surface area (Å²) in [5, 5.41) is 21.4. The number of nitrogens with zero attached hydrogens (tertiary/aromatic N) is 3. The molecule has 0 bridgehead atoms. The van der Waals surface area contributed by atoms with E-state index in [0.717, 1.165) is 31.6 Å². The Balaban J connectivity index is 1.74. The van der Waals surface area contributed by atoms with Crippen LogP contribution >= 0.6 is 0 Å². The van der Waals surface area contributed by atoms with Gasteiger partial charge in [-0.3, -0.25) is 4.98 Å². The fourth-order valence-electron chi connectivity index (χ4n) is 3.22. The highest BCUT2D eigenvalue weighted by Gasteiger charge is 2.41. The highest BCUT2D eigenvalue weighted by atomic mass is 16.4. The first kappa shape index (κ1) is 12.2. The van der Waals surface area contributed by atoms with Crippen LogP contribution in [0.2, 0.25) is 0 Å². The summed E-state index contributed by atoms with van der Waals surface area (Å²) in [6.45, 7) is 1.86. The molecule has 3 rings (SSSR count). The Morgan fingerprint density at radius 3 is 2.84 bits per heavy atom. The molecule has 2 heterocycles. The number of nitrogens with two attached hydrogens (primary N) is 1. The van der Waals surface area contributed by atoms with E-state index in [1.807, 2.05) is 6.07 Å². The Kier molecular flexibility index (Phi) is 3.02. The van der Waals surface area contributed by atoms with Crippen molar-refractivity contribution in [3.63, 3.8) is 0 Å². The number of oxime groups is 1. The van der Waals surface area contributed by atoms with E-state index in [2.05, 4.69) is 15.0 Å². The first-order valence-corrected chi connectivity index (χ1v) is 6.56. The van der Waals surface area contributed by atoms with E-state index in [1.165, 1.54) is 0 Å². The Morgan fingerprint density at radius 2 is 2.21 bits per heavy atom. The van der Waals surface area contributed by atoms with Gasteiger partial charge in [-0.1, -0.05) is 5.16 Å². The molecule has 1 saturated carbocycles. The summed E-state index contributed by atoms with van der Waals surface area (Å²) in [5.41, 5.74) is 6.97. The van der Waals surface area contributed by atoms with Crippen molar-refractivity contribution in [1.29, 1.82) is 0 Å². The van der Waals surface area contributed by atoms with Crippen molar-refractivity contribution >= 4 is 11.5 Å². The highest BCUT2D eigenvalue weighted by Crippen LogP contribution is 2.39. The van der Waals surface area contributed by atoms with Crippen LogP contribution in [0.25, 0.3) is 0 Å². The molecule has 19 heavy (non-hydrogen) atoms. The standard InChI is InChI=1S/C13H18N4O2/c14-13(16-19)11-3-2-9(5-15-11)17-6-8-1-4-12(18)10(8)7-17/h2-3,5,8,10,12,18-19H,1,4,6-7H2,(H2,14,16). The second-order valence-electron chi connectivity index (χ2n) is 5.36. The summed E-state index contributed by atoms with van der Waals surface area (Å²) in [6.07, 6.45) is 3.63. The van der Waals surface area contributed by atoms with Crippen LogP contribution in [0.15, 0.2) is 23.5 Å². The first-order chi connectivity index (χ1) is 9.19. The predicted octanol–water partition coefficient (Wildman–Crippen LogP) is 0.383. The van der Waals surface area contributed by atoms with E-state index in [-0.39, 0.29) is 11.9 Å². The van der Waals surface area contributed by atoms with Gasteiger partial charge in [0.1, 0.15) is 5.69 Å². The molecule has 2 fully saturated rings. The smallest absolute Gasteiger partial charge is 0.188 e. The first-order valence-electron chi connectivity index (χ1n) is 6.56. The second kappa shape index (κ2) is 4.70. The number of pyridine rings is 1. The summed E-state index contributed by atoms with van der Waals surface area (Å²) in [6, 6.07) is 3.67. The van der Waals surface area contributed by atoms with E-state index in [1.54, 1.807) is 12.3 Å². The molecule has 3 atom stereocenters. The van der Waals surface area contributed by atoms with Crippen LogP contribution in [-0.4, -0.2) is 40.3 Å². The zero-order valence-electron chi connectivity index (χ0n) is 10.6. The predicted molar refractivity (Wildman–Crippen MR) is 71.2 cm³/mol. The number of aliphatic hydroxyl groups excluding tert-OH is 1. The lowest BCUT2D eigenvalue weighted by atomic mass is 10.00. The quantitative estimate of drug-likeness (QED) is 0.310. The van der Waals surface area contributed by atoms with Crippen molar-refractivity contribution < 1.29 is 10.3 Å². The molecule has 102 valence electrons. The van der Waals surface area contributed by atoms with Gasteiger partial charge in [-0.05, 0) is 30.9 Å². The van der Waals surface area contributed by atoms with Gasteiger partial charge in [0.25, 0.3) is 0 Å². The molecule has 4 N–H and O–H groups in total. The molecule has 0 amide bonds. The molecule has 2 aliphatic rings. The molecule has 6 heteroatoms. The molecule has 1 aliphatic carbocycles. The van der Waals surface area contributed by atoms with Crippen LogP contribution in [0, 0.1) is 11.8 Å². The van der Waals surface area contributed by atoms with Gasteiger partial charge in [0.2, 0.25) is 0 Å². The monoisotopic (exact) mass is 262 g/mol. The number of fused-ring (bicyclic) bond motifs is 1. The van der Waals surface area contributed by atoms with E-state index in [9.17, 15) is 5.11 Å². The summed E-state index contributed by atoms with van der Waals surface area (Å²) in [7, 11) is 0. The van der Waals surface area contributed by atoms with Gasteiger partial charge in [0.05, 0.1) is 18.0 Å². The lowest BCUT2D eigenvalue weighted by Crippen LogP contribution is -2.24.